The van der Waals surface area contributed by atoms with Gasteiger partial charge in [-0.05, 0) is 32.9 Å². The fourth-order valence-electron chi connectivity index (χ4n) is 2.43. The van der Waals surface area contributed by atoms with Crippen molar-refractivity contribution in [3.8, 4) is 0 Å². The Kier molecular flexibility index (Phi) is 2.14. The second-order valence-electron chi connectivity index (χ2n) is 3.90. The van der Waals surface area contributed by atoms with Gasteiger partial charge >= 0.3 is 0 Å². The standard InChI is InChI=1S/C9H18N2/c1-11-8-3-2-4-9(11)7-10-6-5-8/h8-10H,2-7H2,1H3. The molecule has 0 saturated carbocycles. The predicted molar refractivity (Wildman–Crippen MR) is 46.7 cm³/mol. The van der Waals surface area contributed by atoms with Gasteiger partial charge in [0.15, 0.2) is 0 Å². The molecular weight excluding hydrogens is 136 g/mol. The zero-order valence-electron chi connectivity index (χ0n) is 7.34. The monoisotopic (exact) mass is 154 g/mol. The Morgan fingerprint density at radius 1 is 1.18 bits per heavy atom. The van der Waals surface area contributed by atoms with Gasteiger partial charge < -0.3 is 5.32 Å². The lowest BCUT2D eigenvalue weighted by molar-refractivity contribution is 0.126. The summed E-state index contributed by atoms with van der Waals surface area (Å²) in [4.78, 5) is 2.59. The topological polar surface area (TPSA) is 15.3 Å². The molecule has 2 atom stereocenters. The van der Waals surface area contributed by atoms with Crippen LogP contribution in [0.3, 0.4) is 0 Å². The Bertz CT molecular complexity index is 122. The van der Waals surface area contributed by atoms with E-state index in [9.17, 15) is 0 Å². The Morgan fingerprint density at radius 3 is 2.91 bits per heavy atom. The fraction of sp³-hybridized carbons (Fsp3) is 1.00. The second kappa shape index (κ2) is 3.11. The average molecular weight is 154 g/mol. The van der Waals surface area contributed by atoms with Gasteiger partial charge in [0, 0.05) is 18.6 Å². The fourth-order valence-corrected chi connectivity index (χ4v) is 2.43. The highest BCUT2D eigenvalue weighted by molar-refractivity contribution is 4.86. The summed E-state index contributed by atoms with van der Waals surface area (Å²) < 4.78 is 0. The van der Waals surface area contributed by atoms with Crippen molar-refractivity contribution in [2.45, 2.75) is 37.8 Å². The van der Waals surface area contributed by atoms with Gasteiger partial charge in [-0.25, -0.2) is 0 Å². The van der Waals surface area contributed by atoms with Gasteiger partial charge in [-0.1, -0.05) is 6.42 Å². The summed E-state index contributed by atoms with van der Waals surface area (Å²) in [5.41, 5.74) is 0. The Morgan fingerprint density at radius 2 is 2.00 bits per heavy atom. The molecule has 2 bridgehead atoms. The molecule has 2 rings (SSSR count). The summed E-state index contributed by atoms with van der Waals surface area (Å²) in [5.74, 6) is 0. The van der Waals surface area contributed by atoms with Crippen LogP contribution in [-0.2, 0) is 0 Å². The van der Waals surface area contributed by atoms with Gasteiger partial charge in [-0.15, -0.1) is 0 Å². The Hall–Kier alpha value is -0.0800. The molecule has 2 heteroatoms. The first kappa shape index (κ1) is 7.56. The van der Waals surface area contributed by atoms with Gasteiger partial charge in [0.25, 0.3) is 0 Å². The van der Waals surface area contributed by atoms with Gasteiger partial charge in [-0.3, -0.25) is 4.90 Å². The van der Waals surface area contributed by atoms with E-state index in [-0.39, 0.29) is 0 Å². The van der Waals surface area contributed by atoms with Crippen LogP contribution in [0.1, 0.15) is 25.7 Å². The number of nitrogens with one attached hydrogen (secondary N) is 1. The van der Waals surface area contributed by atoms with Crippen molar-refractivity contribution >= 4 is 0 Å². The minimum Gasteiger partial charge on any atom is -0.315 e. The molecule has 0 aromatic rings. The quantitative estimate of drug-likeness (QED) is 0.556. The van der Waals surface area contributed by atoms with Crippen molar-refractivity contribution in [3.63, 3.8) is 0 Å². The third kappa shape index (κ3) is 1.42. The zero-order valence-corrected chi connectivity index (χ0v) is 7.34. The largest absolute Gasteiger partial charge is 0.315 e. The van der Waals surface area contributed by atoms with E-state index in [0.717, 1.165) is 12.1 Å². The molecular formula is C9H18N2. The molecule has 0 aliphatic carbocycles. The van der Waals surface area contributed by atoms with Crippen molar-refractivity contribution in [3.05, 3.63) is 0 Å². The third-order valence-corrected chi connectivity index (χ3v) is 3.26. The van der Waals surface area contributed by atoms with Crippen molar-refractivity contribution < 1.29 is 0 Å². The number of rotatable bonds is 0. The maximum Gasteiger partial charge on any atom is 0.0220 e. The second-order valence-corrected chi connectivity index (χ2v) is 3.90. The van der Waals surface area contributed by atoms with Crippen LogP contribution in [-0.4, -0.2) is 37.1 Å². The number of nitrogens with zero attached hydrogens (tertiary/aromatic N) is 1. The van der Waals surface area contributed by atoms with E-state index in [1.165, 1.54) is 38.8 Å². The third-order valence-electron chi connectivity index (χ3n) is 3.26. The van der Waals surface area contributed by atoms with Crippen LogP contribution >= 0.6 is 0 Å². The maximum atomic E-state index is 3.51. The molecule has 64 valence electrons. The molecule has 2 aliphatic heterocycles. The SMILES string of the molecule is CN1C2CCCC1CNCC2. The minimum atomic E-state index is 0.830. The van der Waals surface area contributed by atoms with Crippen LogP contribution in [0, 0.1) is 0 Å². The molecule has 1 N–H and O–H groups in total. The molecule has 2 unspecified atom stereocenters. The van der Waals surface area contributed by atoms with Crippen LogP contribution < -0.4 is 5.32 Å². The van der Waals surface area contributed by atoms with Gasteiger partial charge in [0.1, 0.15) is 0 Å². The lowest BCUT2D eigenvalue weighted by Crippen LogP contribution is -2.44. The molecule has 2 aliphatic rings. The first-order valence-corrected chi connectivity index (χ1v) is 4.80. The molecule has 0 spiro atoms. The van der Waals surface area contributed by atoms with Crippen LogP contribution in [0.4, 0.5) is 0 Å². The molecule has 2 saturated heterocycles. The average Bonchev–Trinajstić information content (AvgIpc) is 2.17. The van der Waals surface area contributed by atoms with Gasteiger partial charge in [-0.2, -0.15) is 0 Å². The molecule has 0 radical (unpaired) electrons. The van der Waals surface area contributed by atoms with Gasteiger partial charge in [0.05, 0.1) is 0 Å². The lowest BCUT2D eigenvalue weighted by Gasteiger charge is -2.37. The number of fused-ring (bicyclic) bond motifs is 2. The number of hydrogen-bond donors (Lipinski definition) is 1. The normalized spacial score (nSPS) is 40.1. The highest BCUT2D eigenvalue weighted by Crippen LogP contribution is 2.24. The molecule has 11 heavy (non-hydrogen) atoms. The van der Waals surface area contributed by atoms with E-state index in [1.54, 1.807) is 0 Å². The molecule has 0 aromatic heterocycles. The van der Waals surface area contributed by atoms with Crippen LogP contribution in [0.15, 0.2) is 0 Å². The summed E-state index contributed by atoms with van der Waals surface area (Å²) in [6.07, 6.45) is 5.63. The van der Waals surface area contributed by atoms with E-state index in [4.69, 9.17) is 0 Å². The maximum absolute atomic E-state index is 3.51. The molecule has 2 heterocycles. The summed E-state index contributed by atoms with van der Waals surface area (Å²) in [6, 6.07) is 1.71. The summed E-state index contributed by atoms with van der Waals surface area (Å²) >= 11 is 0. The number of piperidine rings is 1. The number of likely N-dealkylation sites (N-methyl/N-ethyl adjacent to an activating group) is 1. The minimum absolute atomic E-state index is 0.830. The molecule has 0 amide bonds. The van der Waals surface area contributed by atoms with Crippen molar-refractivity contribution in [1.82, 2.24) is 10.2 Å². The Balaban J connectivity index is 2.06. The molecule has 2 nitrogen and oxygen atoms in total. The van der Waals surface area contributed by atoms with E-state index in [1.807, 2.05) is 0 Å². The first-order valence-electron chi connectivity index (χ1n) is 4.80. The van der Waals surface area contributed by atoms with Crippen molar-refractivity contribution in [1.29, 1.82) is 0 Å². The smallest absolute Gasteiger partial charge is 0.0220 e. The zero-order chi connectivity index (χ0) is 7.68. The van der Waals surface area contributed by atoms with Crippen molar-refractivity contribution in [2.75, 3.05) is 20.1 Å². The van der Waals surface area contributed by atoms with E-state index in [0.29, 0.717) is 0 Å². The van der Waals surface area contributed by atoms with Crippen LogP contribution in [0.5, 0.6) is 0 Å². The number of hydrogen-bond acceptors (Lipinski definition) is 2. The predicted octanol–water partition coefficient (Wildman–Crippen LogP) is 0.833. The van der Waals surface area contributed by atoms with Gasteiger partial charge in [0.2, 0.25) is 0 Å². The van der Waals surface area contributed by atoms with Crippen LogP contribution in [0.25, 0.3) is 0 Å². The van der Waals surface area contributed by atoms with E-state index in [2.05, 4.69) is 17.3 Å². The highest BCUT2D eigenvalue weighted by atomic mass is 15.2. The molecule has 0 aromatic carbocycles. The van der Waals surface area contributed by atoms with Crippen molar-refractivity contribution in [2.24, 2.45) is 0 Å². The summed E-state index contributed by atoms with van der Waals surface area (Å²) in [7, 11) is 2.29. The first-order chi connectivity index (χ1) is 5.38. The molecule has 2 fully saturated rings. The summed E-state index contributed by atoms with van der Waals surface area (Å²) in [5, 5.41) is 3.51. The highest BCUT2D eigenvalue weighted by Gasteiger charge is 2.28. The van der Waals surface area contributed by atoms with E-state index < -0.39 is 0 Å². The lowest BCUT2D eigenvalue weighted by atomic mass is 9.96. The van der Waals surface area contributed by atoms with E-state index >= 15 is 0 Å². The van der Waals surface area contributed by atoms with Crippen LogP contribution in [0.2, 0.25) is 0 Å². The Labute approximate surface area is 69.0 Å². The summed E-state index contributed by atoms with van der Waals surface area (Å²) in [6.45, 7) is 2.44.